The number of hydrogen-bond acceptors (Lipinski definition) is 6. The molecule has 7 nitrogen and oxygen atoms in total. The zero-order valence-electron chi connectivity index (χ0n) is 12.3. The van der Waals surface area contributed by atoms with E-state index in [0.717, 1.165) is 0 Å². The lowest BCUT2D eigenvalue weighted by Gasteiger charge is -2.17. The first-order valence-electron chi connectivity index (χ1n) is 6.42. The van der Waals surface area contributed by atoms with Crippen molar-refractivity contribution < 1.29 is 22.7 Å². The fourth-order valence-electron chi connectivity index (χ4n) is 2.23. The van der Waals surface area contributed by atoms with E-state index in [1.807, 2.05) is 0 Å². The van der Waals surface area contributed by atoms with Crippen LogP contribution in [0.15, 0.2) is 23.1 Å². The van der Waals surface area contributed by atoms with Gasteiger partial charge >= 0.3 is 5.97 Å². The third-order valence-electron chi connectivity index (χ3n) is 3.40. The van der Waals surface area contributed by atoms with Crippen LogP contribution in [0.2, 0.25) is 0 Å². The monoisotopic (exact) mass is 350 g/mol. The molecule has 0 aromatic heterocycles. The maximum atomic E-state index is 12.5. The van der Waals surface area contributed by atoms with E-state index < -0.39 is 16.0 Å². The number of carbonyl (C=O) groups excluding carboxylic acids is 1. The highest BCUT2D eigenvalue weighted by Gasteiger charge is 2.31. The lowest BCUT2D eigenvalue weighted by molar-refractivity contribution is 0.0597. The van der Waals surface area contributed by atoms with Gasteiger partial charge in [-0.1, -0.05) is 0 Å². The third kappa shape index (κ3) is 3.52. The average Bonchev–Trinajstić information content (AvgIpc) is 2.93. The number of hydrogen-bond donors (Lipinski definition) is 1. The van der Waals surface area contributed by atoms with Crippen molar-refractivity contribution in [3.8, 4) is 5.75 Å². The molecule has 1 saturated heterocycles. The number of benzene rings is 1. The van der Waals surface area contributed by atoms with Crippen molar-refractivity contribution in [1.29, 1.82) is 0 Å². The van der Waals surface area contributed by atoms with E-state index in [0.29, 0.717) is 19.5 Å². The number of esters is 1. The van der Waals surface area contributed by atoms with Crippen molar-refractivity contribution in [2.75, 3.05) is 27.3 Å². The first kappa shape index (κ1) is 18.7. The van der Waals surface area contributed by atoms with E-state index in [1.165, 1.54) is 36.7 Å². The standard InChI is InChI=1S/C13H18N2O5S.ClH/c1-19-12-7-10(3-4-11(12)13(16)20-2)21(17,18)15-6-5-9(14)8-15;/h3-4,7,9H,5-6,8,14H2,1-2H3;1H/t9-;/m1./s1. The maximum absolute atomic E-state index is 12.5. The Morgan fingerprint density at radius 2 is 2.05 bits per heavy atom. The van der Waals surface area contributed by atoms with Gasteiger partial charge in [0, 0.05) is 25.2 Å². The Kier molecular flexibility index (Phi) is 6.18. The molecule has 1 aliphatic heterocycles. The minimum atomic E-state index is -3.63. The molecule has 0 amide bonds. The summed E-state index contributed by atoms with van der Waals surface area (Å²) in [7, 11) is -1.02. The van der Waals surface area contributed by atoms with Gasteiger partial charge in [-0.15, -0.1) is 12.4 Å². The van der Waals surface area contributed by atoms with Crippen molar-refractivity contribution in [1.82, 2.24) is 4.31 Å². The summed E-state index contributed by atoms with van der Waals surface area (Å²) in [5.41, 5.74) is 5.92. The zero-order valence-corrected chi connectivity index (χ0v) is 13.9. The highest BCUT2D eigenvalue weighted by Crippen LogP contribution is 2.27. The van der Waals surface area contributed by atoms with Gasteiger partial charge in [0.15, 0.2) is 0 Å². The van der Waals surface area contributed by atoms with Crippen molar-refractivity contribution in [2.24, 2.45) is 5.73 Å². The number of halogens is 1. The molecule has 1 aliphatic rings. The summed E-state index contributed by atoms with van der Waals surface area (Å²) in [5.74, 6) is -0.426. The predicted octanol–water partition coefficient (Wildman–Crippen LogP) is 0.625. The largest absolute Gasteiger partial charge is 0.496 e. The maximum Gasteiger partial charge on any atom is 0.341 e. The second-order valence-corrected chi connectivity index (χ2v) is 6.70. The number of methoxy groups -OCH3 is 2. The van der Waals surface area contributed by atoms with E-state index in [4.69, 9.17) is 10.5 Å². The van der Waals surface area contributed by atoms with Crippen molar-refractivity contribution in [3.05, 3.63) is 23.8 Å². The Balaban J connectivity index is 0.00000242. The molecule has 2 N–H and O–H groups in total. The van der Waals surface area contributed by atoms with Crippen LogP contribution >= 0.6 is 12.4 Å². The van der Waals surface area contributed by atoms with Crippen LogP contribution in [-0.4, -0.2) is 52.0 Å². The molecular weight excluding hydrogens is 332 g/mol. The molecule has 0 unspecified atom stereocenters. The summed E-state index contributed by atoms with van der Waals surface area (Å²) in [4.78, 5) is 11.6. The lowest BCUT2D eigenvalue weighted by atomic mass is 10.2. The first-order valence-corrected chi connectivity index (χ1v) is 7.86. The van der Waals surface area contributed by atoms with Crippen LogP contribution in [0.25, 0.3) is 0 Å². The lowest BCUT2D eigenvalue weighted by Crippen LogP contribution is -2.32. The van der Waals surface area contributed by atoms with Crippen LogP contribution in [0, 0.1) is 0 Å². The molecule has 0 radical (unpaired) electrons. The fourth-order valence-corrected chi connectivity index (χ4v) is 3.76. The van der Waals surface area contributed by atoms with E-state index in [-0.39, 0.29) is 34.7 Å². The van der Waals surface area contributed by atoms with Gasteiger partial charge in [0.1, 0.15) is 11.3 Å². The summed E-state index contributed by atoms with van der Waals surface area (Å²) in [6.07, 6.45) is 0.636. The van der Waals surface area contributed by atoms with Crippen molar-refractivity contribution in [2.45, 2.75) is 17.4 Å². The molecule has 1 aromatic carbocycles. The molecular formula is C13H19ClN2O5S. The second-order valence-electron chi connectivity index (χ2n) is 4.77. The summed E-state index contributed by atoms with van der Waals surface area (Å²) < 4.78 is 36.0. The van der Waals surface area contributed by atoms with E-state index in [9.17, 15) is 13.2 Å². The Labute approximate surface area is 135 Å². The number of nitrogens with two attached hydrogens (primary N) is 1. The number of rotatable bonds is 4. The number of carbonyl (C=O) groups is 1. The molecule has 0 bridgehead atoms. The summed E-state index contributed by atoms with van der Waals surface area (Å²) in [6.45, 7) is 0.688. The molecule has 124 valence electrons. The van der Waals surface area contributed by atoms with Crippen LogP contribution in [0.5, 0.6) is 5.75 Å². The van der Waals surface area contributed by atoms with Crippen LogP contribution < -0.4 is 10.5 Å². The molecule has 0 saturated carbocycles. The van der Waals surface area contributed by atoms with Gasteiger partial charge in [-0.3, -0.25) is 0 Å². The number of nitrogens with zero attached hydrogens (tertiary/aromatic N) is 1. The molecule has 2 rings (SSSR count). The van der Waals surface area contributed by atoms with Gasteiger partial charge in [0.2, 0.25) is 10.0 Å². The summed E-state index contributed by atoms with van der Waals surface area (Å²) >= 11 is 0. The van der Waals surface area contributed by atoms with Gasteiger partial charge < -0.3 is 15.2 Å². The molecule has 1 atom stereocenters. The Morgan fingerprint density at radius 3 is 2.55 bits per heavy atom. The predicted molar refractivity (Wildman–Crippen MR) is 82.9 cm³/mol. The number of ether oxygens (including phenoxy) is 2. The molecule has 22 heavy (non-hydrogen) atoms. The smallest absolute Gasteiger partial charge is 0.341 e. The second kappa shape index (κ2) is 7.28. The Bertz CT molecular complexity index is 650. The molecule has 0 aliphatic carbocycles. The zero-order chi connectivity index (χ0) is 15.6. The minimum absolute atomic E-state index is 0. The molecule has 0 spiro atoms. The van der Waals surface area contributed by atoms with Crippen LogP contribution in [0.4, 0.5) is 0 Å². The number of sulfonamides is 1. The highest BCUT2D eigenvalue weighted by atomic mass is 35.5. The van der Waals surface area contributed by atoms with Gasteiger partial charge in [-0.05, 0) is 18.6 Å². The first-order chi connectivity index (χ1) is 9.90. The van der Waals surface area contributed by atoms with Gasteiger partial charge in [-0.2, -0.15) is 4.31 Å². The SMILES string of the molecule is COC(=O)c1ccc(S(=O)(=O)N2CC[C@@H](N)C2)cc1OC.Cl. The summed E-state index contributed by atoms with van der Waals surface area (Å²) in [6, 6.07) is 3.93. The van der Waals surface area contributed by atoms with E-state index >= 15 is 0 Å². The summed E-state index contributed by atoms with van der Waals surface area (Å²) in [5, 5.41) is 0. The molecule has 1 fully saturated rings. The fraction of sp³-hybridized carbons (Fsp3) is 0.462. The van der Waals surface area contributed by atoms with Gasteiger partial charge in [0.05, 0.1) is 19.1 Å². The van der Waals surface area contributed by atoms with Crippen LogP contribution in [0.3, 0.4) is 0 Å². The molecule has 1 aromatic rings. The Hall–Kier alpha value is -1.35. The van der Waals surface area contributed by atoms with Gasteiger partial charge in [0.25, 0.3) is 0 Å². The van der Waals surface area contributed by atoms with E-state index in [2.05, 4.69) is 4.74 Å². The Morgan fingerprint density at radius 1 is 1.36 bits per heavy atom. The quantitative estimate of drug-likeness (QED) is 0.799. The van der Waals surface area contributed by atoms with Crippen LogP contribution in [-0.2, 0) is 14.8 Å². The third-order valence-corrected chi connectivity index (χ3v) is 5.26. The van der Waals surface area contributed by atoms with Gasteiger partial charge in [-0.25, -0.2) is 13.2 Å². The van der Waals surface area contributed by atoms with Crippen molar-refractivity contribution in [3.63, 3.8) is 0 Å². The van der Waals surface area contributed by atoms with Crippen molar-refractivity contribution >= 4 is 28.4 Å². The molecule has 9 heteroatoms. The van der Waals surface area contributed by atoms with Crippen LogP contribution in [0.1, 0.15) is 16.8 Å². The average molecular weight is 351 g/mol. The topological polar surface area (TPSA) is 98.9 Å². The highest BCUT2D eigenvalue weighted by molar-refractivity contribution is 7.89. The van der Waals surface area contributed by atoms with E-state index in [1.54, 1.807) is 0 Å². The minimum Gasteiger partial charge on any atom is -0.496 e. The normalized spacial score (nSPS) is 18.6. The molecule has 1 heterocycles.